The summed E-state index contributed by atoms with van der Waals surface area (Å²) in [5.74, 6) is 0.160. The molecule has 0 heterocycles. The zero-order valence-corrected chi connectivity index (χ0v) is 22.3. The maximum atomic E-state index is 11.6. The highest BCUT2D eigenvalue weighted by Crippen LogP contribution is 2.15. The van der Waals surface area contributed by atoms with Gasteiger partial charge in [-0.3, -0.25) is 0 Å². The fourth-order valence-corrected chi connectivity index (χ4v) is 2.47. The number of rotatable bonds is 7. The third-order valence-corrected chi connectivity index (χ3v) is 3.99. The maximum absolute atomic E-state index is 11.6. The van der Waals surface area contributed by atoms with Crippen LogP contribution in [0.4, 0.5) is 0 Å². The van der Waals surface area contributed by atoms with Gasteiger partial charge in [0.05, 0.1) is 0 Å². The molecule has 0 spiro atoms. The summed E-state index contributed by atoms with van der Waals surface area (Å²) in [6.45, 7) is 15.9. The van der Waals surface area contributed by atoms with E-state index in [2.05, 4.69) is 6.58 Å². The Kier molecular flexibility index (Phi) is 11.7. The van der Waals surface area contributed by atoms with Crippen molar-refractivity contribution in [1.29, 1.82) is 0 Å². The molecule has 2 aromatic rings. The minimum absolute atomic E-state index is 0.109. The highest BCUT2D eigenvalue weighted by atomic mass is 16.6. The molecule has 0 aliphatic heterocycles. The molecule has 1 N–H and O–H groups in total. The molecular weight excluding hydrogens is 456 g/mol. The van der Waals surface area contributed by atoms with Crippen LogP contribution in [0.15, 0.2) is 72.8 Å². The van der Waals surface area contributed by atoms with Gasteiger partial charge in [-0.2, -0.15) is 0 Å². The molecule has 0 saturated carbocycles. The number of benzene rings is 2. The summed E-state index contributed by atoms with van der Waals surface area (Å²) in [6.07, 6.45) is 7.78. The van der Waals surface area contributed by atoms with Crippen LogP contribution in [0.5, 0.6) is 11.5 Å². The monoisotopic (exact) mass is 494 g/mol. The van der Waals surface area contributed by atoms with Crippen molar-refractivity contribution in [2.45, 2.75) is 59.7 Å². The smallest absolute Gasteiger partial charge is 0.344 e. The van der Waals surface area contributed by atoms with E-state index in [-0.39, 0.29) is 24.3 Å². The number of carbonyl (C=O) groups is 2. The van der Waals surface area contributed by atoms with Crippen LogP contribution in [0.2, 0.25) is 0 Å². The Morgan fingerprint density at radius 2 is 1.25 bits per heavy atom. The van der Waals surface area contributed by atoms with Crippen molar-refractivity contribution in [3.8, 4) is 11.5 Å². The summed E-state index contributed by atoms with van der Waals surface area (Å²) in [7, 11) is 0. The van der Waals surface area contributed by atoms with Crippen molar-refractivity contribution >= 4 is 24.1 Å². The first-order valence-corrected chi connectivity index (χ1v) is 11.6. The van der Waals surface area contributed by atoms with Crippen LogP contribution < -0.4 is 4.74 Å². The predicted octanol–water partition coefficient (Wildman–Crippen LogP) is 6.74. The second-order valence-electron chi connectivity index (χ2n) is 10.0. The predicted molar refractivity (Wildman–Crippen MR) is 145 cm³/mol. The summed E-state index contributed by atoms with van der Waals surface area (Å²) < 4.78 is 15.6. The molecule has 194 valence electrons. The average Bonchev–Trinajstić information content (AvgIpc) is 2.75. The van der Waals surface area contributed by atoms with Crippen LogP contribution in [0.1, 0.15) is 59.6 Å². The van der Waals surface area contributed by atoms with E-state index in [1.165, 1.54) is 0 Å². The quantitative estimate of drug-likeness (QED) is 0.261. The molecule has 0 radical (unpaired) electrons. The van der Waals surface area contributed by atoms with Gasteiger partial charge in [-0.25, -0.2) is 9.59 Å². The van der Waals surface area contributed by atoms with E-state index in [1.807, 2.05) is 102 Å². The molecule has 0 aliphatic rings. The van der Waals surface area contributed by atoms with E-state index in [0.717, 1.165) is 11.1 Å². The van der Waals surface area contributed by atoms with Crippen LogP contribution >= 0.6 is 0 Å². The maximum Gasteiger partial charge on any atom is 0.344 e. The van der Waals surface area contributed by atoms with E-state index < -0.39 is 11.2 Å². The Morgan fingerprint density at radius 1 is 0.806 bits per heavy atom. The Morgan fingerprint density at radius 3 is 1.64 bits per heavy atom. The van der Waals surface area contributed by atoms with E-state index in [9.17, 15) is 14.7 Å². The van der Waals surface area contributed by atoms with Gasteiger partial charge in [0.1, 0.15) is 22.7 Å². The van der Waals surface area contributed by atoms with E-state index in [1.54, 1.807) is 19.1 Å². The van der Waals surface area contributed by atoms with E-state index >= 15 is 0 Å². The Balaban J connectivity index is 0.000000548. The molecule has 0 atom stereocenters. The van der Waals surface area contributed by atoms with Crippen LogP contribution in [0.3, 0.4) is 0 Å². The van der Waals surface area contributed by atoms with Gasteiger partial charge < -0.3 is 19.3 Å². The van der Waals surface area contributed by atoms with Crippen molar-refractivity contribution in [1.82, 2.24) is 0 Å². The number of phenolic OH excluding ortho intramolecular Hbond substituents is 1. The van der Waals surface area contributed by atoms with Crippen molar-refractivity contribution < 1.29 is 28.9 Å². The molecule has 36 heavy (non-hydrogen) atoms. The number of hydrogen-bond donors (Lipinski definition) is 1. The standard InChI is InChI=1S/C22H24O4.C8H14O2/c1-22(2,3)26-21(24)16-25-20-14-10-18(11-15-20)7-5-4-6-17-8-12-19(23)13-9-17;1-6(2)7(9)10-8(3,4)5/h4-15,23H,16H2,1-3H3;1H2,2-5H3. The van der Waals surface area contributed by atoms with Gasteiger partial charge in [0.25, 0.3) is 0 Å². The third-order valence-electron chi connectivity index (χ3n) is 3.99. The number of phenols is 1. The number of esters is 2. The highest BCUT2D eigenvalue weighted by molar-refractivity contribution is 5.87. The molecule has 2 rings (SSSR count). The van der Waals surface area contributed by atoms with Crippen molar-refractivity contribution in [3.63, 3.8) is 0 Å². The topological polar surface area (TPSA) is 82.1 Å². The van der Waals surface area contributed by atoms with Crippen LogP contribution in [-0.4, -0.2) is 34.9 Å². The number of aromatic hydroxyl groups is 1. The van der Waals surface area contributed by atoms with Crippen LogP contribution in [0, 0.1) is 0 Å². The second kappa shape index (κ2) is 13.9. The Bertz CT molecular complexity index is 1050. The summed E-state index contributed by atoms with van der Waals surface area (Å²) in [4.78, 5) is 22.5. The fourth-order valence-electron chi connectivity index (χ4n) is 2.47. The SMILES string of the molecule is C=C(C)C(=O)OC(C)(C)C.CC(C)(C)OC(=O)COc1ccc(C=CC=Cc2ccc(O)cc2)cc1. The lowest BCUT2D eigenvalue weighted by Gasteiger charge is -2.19. The third kappa shape index (κ3) is 14.5. The minimum atomic E-state index is -0.511. The van der Waals surface area contributed by atoms with E-state index in [0.29, 0.717) is 11.3 Å². The summed E-state index contributed by atoms with van der Waals surface area (Å²) >= 11 is 0. The Labute approximate surface area is 214 Å². The zero-order valence-electron chi connectivity index (χ0n) is 22.3. The lowest BCUT2D eigenvalue weighted by Crippen LogP contribution is -2.27. The van der Waals surface area contributed by atoms with Crippen molar-refractivity contribution in [2.75, 3.05) is 6.61 Å². The molecule has 6 heteroatoms. The largest absolute Gasteiger partial charge is 0.508 e. The molecular formula is C30H38O6. The van der Waals surface area contributed by atoms with Crippen LogP contribution in [0.25, 0.3) is 12.2 Å². The molecule has 6 nitrogen and oxygen atoms in total. The van der Waals surface area contributed by atoms with E-state index in [4.69, 9.17) is 14.2 Å². The van der Waals surface area contributed by atoms with Gasteiger partial charge in [-0.15, -0.1) is 0 Å². The molecule has 2 aromatic carbocycles. The van der Waals surface area contributed by atoms with Gasteiger partial charge in [-0.05, 0) is 83.9 Å². The summed E-state index contributed by atoms with van der Waals surface area (Å²) in [5, 5.41) is 9.24. The molecule has 0 unspecified atom stereocenters. The molecule has 0 aliphatic carbocycles. The van der Waals surface area contributed by atoms with Gasteiger partial charge >= 0.3 is 11.9 Å². The lowest BCUT2D eigenvalue weighted by molar-refractivity contribution is -0.157. The first kappa shape index (κ1) is 30.2. The number of hydrogen-bond acceptors (Lipinski definition) is 6. The van der Waals surface area contributed by atoms with Gasteiger partial charge in [0, 0.05) is 5.57 Å². The molecule has 0 amide bonds. The summed E-state index contributed by atoms with van der Waals surface area (Å²) in [5.41, 5.74) is 1.55. The highest BCUT2D eigenvalue weighted by Gasteiger charge is 2.17. The molecule has 0 bridgehead atoms. The number of ether oxygens (including phenoxy) is 3. The van der Waals surface area contributed by atoms with Crippen LogP contribution in [-0.2, 0) is 19.1 Å². The first-order chi connectivity index (χ1) is 16.6. The first-order valence-electron chi connectivity index (χ1n) is 11.6. The summed E-state index contributed by atoms with van der Waals surface area (Å²) in [6, 6.07) is 14.4. The van der Waals surface area contributed by atoms with Crippen molar-refractivity contribution in [3.05, 3.63) is 84.0 Å². The van der Waals surface area contributed by atoms with Gasteiger partial charge in [-0.1, -0.05) is 55.1 Å². The normalized spacial score (nSPS) is 11.5. The molecule has 0 fully saturated rings. The minimum Gasteiger partial charge on any atom is -0.508 e. The number of carbonyl (C=O) groups excluding carboxylic acids is 2. The number of allylic oxidation sites excluding steroid dienone is 2. The fraction of sp³-hybridized carbons (Fsp3) is 0.333. The molecule has 0 aromatic heterocycles. The zero-order chi connectivity index (χ0) is 27.4. The second-order valence-corrected chi connectivity index (χ2v) is 10.0. The average molecular weight is 495 g/mol. The van der Waals surface area contributed by atoms with Crippen molar-refractivity contribution in [2.24, 2.45) is 0 Å². The molecule has 0 saturated heterocycles. The van der Waals surface area contributed by atoms with Gasteiger partial charge in [0.2, 0.25) is 0 Å². The Hall–Kier alpha value is -3.80. The van der Waals surface area contributed by atoms with Gasteiger partial charge in [0.15, 0.2) is 6.61 Å². The lowest BCUT2D eigenvalue weighted by atomic mass is 10.2.